The number of amides is 1. The van der Waals surface area contributed by atoms with Gasteiger partial charge in [0.25, 0.3) is 0 Å². The molecule has 0 radical (unpaired) electrons. The Balaban J connectivity index is 1.80. The molecule has 1 amide bonds. The molecule has 7 heteroatoms. The van der Waals surface area contributed by atoms with Crippen molar-refractivity contribution in [2.24, 2.45) is 5.92 Å². The van der Waals surface area contributed by atoms with E-state index >= 15 is 0 Å². The quantitative estimate of drug-likeness (QED) is 0.598. The number of nitrogens with one attached hydrogen (secondary N) is 1. The second kappa shape index (κ2) is 10.1. The van der Waals surface area contributed by atoms with Crippen LogP contribution >= 0.6 is 0 Å². The molecule has 1 aliphatic rings. The summed E-state index contributed by atoms with van der Waals surface area (Å²) in [5.74, 6) is -0.265. The molecule has 0 unspecified atom stereocenters. The standard InChI is InChI=1S/C22H32BN3O3/c1-16(2)13-21(23(28)29)24-22(27)15-26-20(18-11-7-4-8-12-18)14-19(25-26)17-9-5-3-6-10-17/h3,5-6,9-10,14,16,18,21,28-29H,4,7-8,11-13,15H2,1-2H3,(H,24,27)/t21-/m0/s1. The van der Waals surface area contributed by atoms with Crippen molar-refractivity contribution in [3.63, 3.8) is 0 Å². The Hall–Kier alpha value is -2.12. The molecule has 1 heterocycles. The number of benzene rings is 1. The van der Waals surface area contributed by atoms with Gasteiger partial charge in [-0.25, -0.2) is 0 Å². The van der Waals surface area contributed by atoms with Crippen LogP contribution < -0.4 is 5.32 Å². The molecule has 3 rings (SSSR count). The summed E-state index contributed by atoms with van der Waals surface area (Å²) >= 11 is 0. The van der Waals surface area contributed by atoms with Gasteiger partial charge in [0.05, 0.1) is 11.6 Å². The molecule has 1 aliphatic carbocycles. The molecular weight excluding hydrogens is 365 g/mol. The molecule has 0 saturated heterocycles. The van der Waals surface area contributed by atoms with Gasteiger partial charge in [0.1, 0.15) is 6.54 Å². The van der Waals surface area contributed by atoms with Crippen molar-refractivity contribution in [2.45, 2.75) is 70.8 Å². The second-order valence-electron chi connectivity index (χ2n) is 8.53. The van der Waals surface area contributed by atoms with Gasteiger partial charge in [0.15, 0.2) is 0 Å². The van der Waals surface area contributed by atoms with Crippen molar-refractivity contribution in [3.05, 3.63) is 42.1 Å². The summed E-state index contributed by atoms with van der Waals surface area (Å²) in [5.41, 5.74) is 3.01. The lowest BCUT2D eigenvalue weighted by Gasteiger charge is -2.23. The maximum atomic E-state index is 12.7. The highest BCUT2D eigenvalue weighted by molar-refractivity contribution is 6.43. The average Bonchev–Trinajstić information content (AvgIpc) is 3.12. The smallest absolute Gasteiger partial charge is 0.426 e. The van der Waals surface area contributed by atoms with E-state index in [2.05, 4.69) is 11.4 Å². The van der Waals surface area contributed by atoms with Crippen LogP contribution in [0, 0.1) is 5.92 Å². The van der Waals surface area contributed by atoms with Crippen LogP contribution in [-0.2, 0) is 11.3 Å². The third-order valence-electron chi connectivity index (χ3n) is 5.63. The molecule has 1 fully saturated rings. The van der Waals surface area contributed by atoms with Crippen LogP contribution in [0.2, 0.25) is 0 Å². The normalized spacial score (nSPS) is 16.0. The largest absolute Gasteiger partial charge is 0.475 e. The lowest BCUT2D eigenvalue weighted by atomic mass is 9.75. The van der Waals surface area contributed by atoms with Crippen molar-refractivity contribution in [2.75, 3.05) is 0 Å². The van der Waals surface area contributed by atoms with Crippen LogP contribution in [0.25, 0.3) is 11.3 Å². The summed E-state index contributed by atoms with van der Waals surface area (Å²) in [6.07, 6.45) is 6.42. The van der Waals surface area contributed by atoms with Gasteiger partial charge in [0.2, 0.25) is 5.91 Å². The van der Waals surface area contributed by atoms with Crippen molar-refractivity contribution in [3.8, 4) is 11.3 Å². The monoisotopic (exact) mass is 397 g/mol. The SMILES string of the molecule is CC(C)C[C@H](NC(=O)Cn1nc(-c2ccccc2)cc1C1CCCCC1)B(O)O. The van der Waals surface area contributed by atoms with E-state index in [0.29, 0.717) is 12.3 Å². The maximum absolute atomic E-state index is 12.7. The van der Waals surface area contributed by atoms with Crippen molar-refractivity contribution in [1.82, 2.24) is 15.1 Å². The molecule has 1 saturated carbocycles. The van der Waals surface area contributed by atoms with E-state index in [0.717, 1.165) is 29.8 Å². The van der Waals surface area contributed by atoms with Gasteiger partial charge in [-0.2, -0.15) is 5.10 Å². The zero-order valence-corrected chi connectivity index (χ0v) is 17.4. The molecule has 0 spiro atoms. The second-order valence-corrected chi connectivity index (χ2v) is 8.53. The lowest BCUT2D eigenvalue weighted by molar-refractivity contribution is -0.122. The third kappa shape index (κ3) is 5.93. The zero-order valence-electron chi connectivity index (χ0n) is 17.4. The molecule has 6 nitrogen and oxygen atoms in total. The van der Waals surface area contributed by atoms with Gasteiger partial charge >= 0.3 is 7.12 Å². The number of hydrogen-bond acceptors (Lipinski definition) is 4. The highest BCUT2D eigenvalue weighted by Crippen LogP contribution is 2.34. The molecule has 0 bridgehead atoms. The summed E-state index contributed by atoms with van der Waals surface area (Å²) in [6.45, 7) is 4.06. The van der Waals surface area contributed by atoms with E-state index < -0.39 is 13.1 Å². The Morgan fingerprint density at radius 1 is 1.21 bits per heavy atom. The van der Waals surface area contributed by atoms with Crippen LogP contribution in [0.4, 0.5) is 0 Å². The fourth-order valence-corrected chi connectivity index (χ4v) is 4.19. The Bertz CT molecular complexity index is 786. The van der Waals surface area contributed by atoms with Gasteiger partial charge < -0.3 is 15.4 Å². The first-order valence-corrected chi connectivity index (χ1v) is 10.7. The number of nitrogens with zero attached hydrogens (tertiary/aromatic N) is 2. The summed E-state index contributed by atoms with van der Waals surface area (Å²) < 4.78 is 1.81. The molecule has 156 valence electrons. The van der Waals surface area contributed by atoms with Crippen LogP contribution in [0.15, 0.2) is 36.4 Å². The predicted molar refractivity (Wildman–Crippen MR) is 115 cm³/mol. The van der Waals surface area contributed by atoms with Crippen molar-refractivity contribution >= 4 is 13.0 Å². The summed E-state index contributed by atoms with van der Waals surface area (Å²) in [7, 11) is -1.57. The molecule has 29 heavy (non-hydrogen) atoms. The Morgan fingerprint density at radius 2 is 1.90 bits per heavy atom. The van der Waals surface area contributed by atoms with E-state index in [-0.39, 0.29) is 18.4 Å². The molecular formula is C22H32BN3O3. The Labute approximate surface area is 173 Å². The summed E-state index contributed by atoms with van der Waals surface area (Å²) in [4.78, 5) is 12.7. The first-order chi connectivity index (χ1) is 13.9. The molecule has 1 atom stereocenters. The lowest BCUT2D eigenvalue weighted by Crippen LogP contribution is -2.48. The maximum Gasteiger partial charge on any atom is 0.475 e. The topological polar surface area (TPSA) is 87.4 Å². The van der Waals surface area contributed by atoms with Crippen LogP contribution in [0.3, 0.4) is 0 Å². The van der Waals surface area contributed by atoms with Crippen LogP contribution in [-0.4, -0.2) is 38.8 Å². The van der Waals surface area contributed by atoms with Crippen LogP contribution in [0.1, 0.15) is 64.0 Å². The predicted octanol–water partition coefficient (Wildman–Crippen LogP) is 3.14. The van der Waals surface area contributed by atoms with Gasteiger partial charge in [0, 0.05) is 17.2 Å². The average molecular weight is 397 g/mol. The third-order valence-corrected chi connectivity index (χ3v) is 5.63. The fraction of sp³-hybridized carbons (Fsp3) is 0.545. The minimum atomic E-state index is -1.57. The van der Waals surface area contributed by atoms with Gasteiger partial charge in [-0.05, 0) is 31.2 Å². The van der Waals surface area contributed by atoms with Crippen LogP contribution in [0.5, 0.6) is 0 Å². The van der Waals surface area contributed by atoms with Gasteiger partial charge in [-0.1, -0.05) is 63.4 Å². The minimum absolute atomic E-state index is 0.0833. The number of carbonyl (C=O) groups is 1. The Morgan fingerprint density at radius 3 is 2.52 bits per heavy atom. The number of aromatic nitrogens is 2. The van der Waals surface area contributed by atoms with Gasteiger partial charge in [-0.15, -0.1) is 0 Å². The highest BCUT2D eigenvalue weighted by atomic mass is 16.4. The van der Waals surface area contributed by atoms with Gasteiger partial charge in [-0.3, -0.25) is 9.48 Å². The number of carbonyl (C=O) groups excluding carboxylic acids is 1. The molecule has 1 aromatic carbocycles. The minimum Gasteiger partial charge on any atom is -0.426 e. The Kier molecular flexibility index (Phi) is 7.50. The van der Waals surface area contributed by atoms with E-state index in [4.69, 9.17) is 5.10 Å². The molecule has 3 N–H and O–H groups in total. The van der Waals surface area contributed by atoms with Crippen molar-refractivity contribution < 1.29 is 14.8 Å². The van der Waals surface area contributed by atoms with E-state index in [1.54, 1.807) is 0 Å². The van der Waals surface area contributed by atoms with Crippen molar-refractivity contribution in [1.29, 1.82) is 0 Å². The molecule has 1 aromatic heterocycles. The van der Waals surface area contributed by atoms with E-state index in [9.17, 15) is 14.8 Å². The first-order valence-electron chi connectivity index (χ1n) is 10.7. The molecule has 2 aromatic rings. The van der Waals surface area contributed by atoms with E-state index in [1.807, 2.05) is 48.9 Å². The highest BCUT2D eigenvalue weighted by Gasteiger charge is 2.27. The first kappa shape index (κ1) is 21.6. The molecule has 0 aliphatic heterocycles. The fourth-order valence-electron chi connectivity index (χ4n) is 4.19. The summed E-state index contributed by atoms with van der Waals surface area (Å²) in [5, 5.41) is 26.7. The zero-order chi connectivity index (χ0) is 20.8. The number of hydrogen-bond donors (Lipinski definition) is 3. The summed E-state index contributed by atoms with van der Waals surface area (Å²) in [6, 6.07) is 12.1. The van der Waals surface area contributed by atoms with E-state index in [1.165, 1.54) is 19.3 Å². The number of rotatable bonds is 8.